The highest BCUT2D eigenvalue weighted by atomic mass is 16.5. The van der Waals surface area contributed by atoms with Gasteiger partial charge in [0, 0.05) is 23.7 Å². The van der Waals surface area contributed by atoms with E-state index in [4.69, 9.17) is 21.6 Å². The van der Waals surface area contributed by atoms with Crippen LogP contribution in [0.3, 0.4) is 0 Å². The quantitative estimate of drug-likeness (QED) is 0.154. The number of carbonyl (C=O) groups excluding carboxylic acids is 1. The van der Waals surface area contributed by atoms with Gasteiger partial charge in [0.1, 0.15) is 17.6 Å². The average molecular weight is 391 g/mol. The normalized spacial score (nSPS) is 11.8. The summed E-state index contributed by atoms with van der Waals surface area (Å²) in [5.74, 6) is 0.232. The lowest BCUT2D eigenvalue weighted by molar-refractivity contribution is -0.136. The van der Waals surface area contributed by atoms with Crippen LogP contribution in [0.4, 0.5) is 0 Å². The summed E-state index contributed by atoms with van der Waals surface area (Å²) in [5.41, 5.74) is 13.0. The van der Waals surface area contributed by atoms with Crippen LogP contribution < -0.4 is 21.5 Å². The SMILES string of the molecule is N=C(CN)NCCC[C@H](N)C(=O)Oc1ccc(-c2cc3ccccc3cn2)cc1. The van der Waals surface area contributed by atoms with Crippen LogP contribution in [0.2, 0.25) is 0 Å². The third-order valence-corrected chi connectivity index (χ3v) is 4.54. The smallest absolute Gasteiger partial charge is 0.328 e. The molecule has 3 rings (SSSR count). The maximum Gasteiger partial charge on any atom is 0.328 e. The third-order valence-electron chi connectivity index (χ3n) is 4.54. The van der Waals surface area contributed by atoms with E-state index in [1.807, 2.05) is 48.7 Å². The molecule has 0 aliphatic rings. The van der Waals surface area contributed by atoms with Crippen LogP contribution in [0.25, 0.3) is 22.0 Å². The number of fused-ring (bicyclic) bond motifs is 1. The number of hydrogen-bond donors (Lipinski definition) is 4. The molecular weight excluding hydrogens is 366 g/mol. The van der Waals surface area contributed by atoms with Crippen LogP contribution in [0, 0.1) is 5.41 Å². The van der Waals surface area contributed by atoms with E-state index < -0.39 is 12.0 Å². The molecule has 2 aromatic carbocycles. The van der Waals surface area contributed by atoms with Gasteiger partial charge in [-0.1, -0.05) is 24.3 Å². The number of benzene rings is 2. The molecule has 7 nitrogen and oxygen atoms in total. The lowest BCUT2D eigenvalue weighted by Crippen LogP contribution is -2.36. The molecule has 0 saturated heterocycles. The Labute approximate surface area is 169 Å². The van der Waals surface area contributed by atoms with Crippen molar-refractivity contribution in [3.05, 3.63) is 60.8 Å². The second-order valence-corrected chi connectivity index (χ2v) is 6.72. The van der Waals surface area contributed by atoms with Crippen LogP contribution in [0.1, 0.15) is 12.8 Å². The molecule has 6 N–H and O–H groups in total. The predicted molar refractivity (Wildman–Crippen MR) is 115 cm³/mol. The number of ether oxygens (including phenoxy) is 1. The molecular formula is C22H25N5O2. The number of esters is 1. The fraction of sp³-hybridized carbons (Fsp3) is 0.227. The van der Waals surface area contributed by atoms with Crippen molar-refractivity contribution in [3.63, 3.8) is 0 Å². The third kappa shape index (κ3) is 5.60. The number of aromatic nitrogens is 1. The summed E-state index contributed by atoms with van der Waals surface area (Å²) in [6, 6.07) is 16.6. The Morgan fingerprint density at radius 3 is 2.59 bits per heavy atom. The van der Waals surface area contributed by atoms with Crippen LogP contribution in [0.15, 0.2) is 60.8 Å². The first-order valence-electron chi connectivity index (χ1n) is 9.50. The van der Waals surface area contributed by atoms with Crippen molar-refractivity contribution in [2.75, 3.05) is 13.1 Å². The first-order valence-corrected chi connectivity index (χ1v) is 9.50. The molecule has 0 saturated carbocycles. The number of amidine groups is 1. The van der Waals surface area contributed by atoms with Crippen molar-refractivity contribution in [3.8, 4) is 17.0 Å². The predicted octanol–water partition coefficient (Wildman–Crippen LogP) is 2.44. The maximum absolute atomic E-state index is 12.2. The zero-order chi connectivity index (χ0) is 20.6. The van der Waals surface area contributed by atoms with Gasteiger partial charge in [-0.2, -0.15) is 0 Å². The first-order chi connectivity index (χ1) is 14.1. The number of nitrogens with one attached hydrogen (secondary N) is 2. The van der Waals surface area contributed by atoms with Gasteiger partial charge in [0.25, 0.3) is 0 Å². The molecule has 1 atom stereocenters. The highest BCUT2D eigenvalue weighted by Crippen LogP contribution is 2.24. The number of nitrogens with two attached hydrogens (primary N) is 2. The van der Waals surface area contributed by atoms with E-state index in [0.29, 0.717) is 25.1 Å². The van der Waals surface area contributed by atoms with Gasteiger partial charge in [0.15, 0.2) is 0 Å². The summed E-state index contributed by atoms with van der Waals surface area (Å²) in [7, 11) is 0. The molecule has 0 bridgehead atoms. The Morgan fingerprint density at radius 1 is 1.14 bits per heavy atom. The highest BCUT2D eigenvalue weighted by molar-refractivity contribution is 5.85. The summed E-state index contributed by atoms with van der Waals surface area (Å²) in [5, 5.41) is 12.5. The van der Waals surface area contributed by atoms with Crippen LogP contribution in [-0.4, -0.2) is 35.9 Å². The van der Waals surface area contributed by atoms with Crippen LogP contribution in [-0.2, 0) is 4.79 Å². The maximum atomic E-state index is 12.2. The summed E-state index contributed by atoms with van der Waals surface area (Å²) in [6.07, 6.45) is 2.95. The van der Waals surface area contributed by atoms with Gasteiger partial charge in [-0.25, -0.2) is 4.79 Å². The minimum atomic E-state index is -0.717. The molecule has 0 fully saturated rings. The van der Waals surface area contributed by atoms with Crippen molar-refractivity contribution in [1.29, 1.82) is 5.41 Å². The molecule has 0 spiro atoms. The van der Waals surface area contributed by atoms with E-state index in [-0.39, 0.29) is 12.4 Å². The standard InChI is InChI=1S/C22H25N5O2/c23-13-21(25)26-11-3-6-19(24)22(28)29-18-9-7-15(8-10-18)20-12-16-4-1-2-5-17(16)14-27-20/h1-2,4-5,7-10,12,14,19H,3,6,11,13,23-24H2,(H2,25,26)/t19-/m0/s1. The van der Waals surface area contributed by atoms with Gasteiger partial charge in [0.2, 0.25) is 0 Å². The van der Waals surface area contributed by atoms with Gasteiger partial charge >= 0.3 is 5.97 Å². The molecule has 1 heterocycles. The number of carbonyl (C=O) groups is 1. The Balaban J connectivity index is 1.55. The van der Waals surface area contributed by atoms with Crippen molar-refractivity contribution >= 4 is 22.6 Å². The van der Waals surface area contributed by atoms with E-state index in [1.165, 1.54) is 0 Å². The van der Waals surface area contributed by atoms with Crippen molar-refractivity contribution in [1.82, 2.24) is 10.3 Å². The summed E-state index contributed by atoms with van der Waals surface area (Å²) in [6.45, 7) is 0.712. The summed E-state index contributed by atoms with van der Waals surface area (Å²) in [4.78, 5) is 16.7. The van der Waals surface area contributed by atoms with E-state index in [0.717, 1.165) is 22.0 Å². The van der Waals surface area contributed by atoms with Crippen molar-refractivity contribution in [2.45, 2.75) is 18.9 Å². The highest BCUT2D eigenvalue weighted by Gasteiger charge is 2.15. The Bertz CT molecular complexity index is 988. The lowest BCUT2D eigenvalue weighted by atomic mass is 10.1. The van der Waals surface area contributed by atoms with Crippen molar-refractivity contribution in [2.24, 2.45) is 11.5 Å². The molecule has 0 radical (unpaired) electrons. The molecule has 0 amide bonds. The van der Waals surface area contributed by atoms with Crippen molar-refractivity contribution < 1.29 is 9.53 Å². The lowest BCUT2D eigenvalue weighted by Gasteiger charge is -2.12. The van der Waals surface area contributed by atoms with E-state index in [2.05, 4.69) is 10.3 Å². The number of pyridine rings is 1. The molecule has 7 heteroatoms. The van der Waals surface area contributed by atoms with Crippen LogP contribution in [0.5, 0.6) is 5.75 Å². The second-order valence-electron chi connectivity index (χ2n) is 6.72. The first kappa shape index (κ1) is 20.4. The molecule has 29 heavy (non-hydrogen) atoms. The van der Waals surface area contributed by atoms with E-state index >= 15 is 0 Å². The second kappa shape index (κ2) is 9.77. The number of nitrogens with zero attached hydrogens (tertiary/aromatic N) is 1. The van der Waals surface area contributed by atoms with Gasteiger partial charge in [-0.15, -0.1) is 0 Å². The molecule has 0 aliphatic heterocycles. The number of rotatable bonds is 8. The van der Waals surface area contributed by atoms with E-state index in [9.17, 15) is 4.79 Å². The Morgan fingerprint density at radius 2 is 1.86 bits per heavy atom. The topological polar surface area (TPSA) is 127 Å². The molecule has 0 unspecified atom stereocenters. The summed E-state index contributed by atoms with van der Waals surface area (Å²) < 4.78 is 5.37. The monoisotopic (exact) mass is 391 g/mol. The van der Waals surface area contributed by atoms with Gasteiger partial charge in [-0.3, -0.25) is 10.4 Å². The minimum Gasteiger partial charge on any atom is -0.425 e. The fourth-order valence-electron chi connectivity index (χ4n) is 2.88. The van der Waals surface area contributed by atoms with Crippen LogP contribution >= 0.6 is 0 Å². The van der Waals surface area contributed by atoms with Gasteiger partial charge in [0.05, 0.1) is 12.2 Å². The van der Waals surface area contributed by atoms with E-state index in [1.54, 1.807) is 12.1 Å². The van der Waals surface area contributed by atoms with Gasteiger partial charge in [-0.05, 0) is 48.6 Å². The zero-order valence-corrected chi connectivity index (χ0v) is 16.1. The zero-order valence-electron chi connectivity index (χ0n) is 16.1. The Kier molecular flexibility index (Phi) is 6.89. The average Bonchev–Trinajstić information content (AvgIpc) is 2.76. The molecule has 1 aromatic heterocycles. The molecule has 0 aliphatic carbocycles. The largest absolute Gasteiger partial charge is 0.425 e. The summed E-state index contributed by atoms with van der Waals surface area (Å²) >= 11 is 0. The molecule has 3 aromatic rings. The Hall–Kier alpha value is -3.29. The number of hydrogen-bond acceptors (Lipinski definition) is 6. The minimum absolute atomic E-state index is 0.165. The fourth-order valence-corrected chi connectivity index (χ4v) is 2.88. The molecule has 150 valence electrons. The van der Waals surface area contributed by atoms with Gasteiger partial charge < -0.3 is 21.5 Å².